The molecule has 9 heteroatoms. The molecule has 0 radical (unpaired) electrons. The molecule has 0 aliphatic carbocycles. The molecule has 0 unspecified atom stereocenters. The Morgan fingerprint density at radius 2 is 1.44 bits per heavy atom. The van der Waals surface area contributed by atoms with Gasteiger partial charge in [-0.3, -0.25) is 9.59 Å². The summed E-state index contributed by atoms with van der Waals surface area (Å²) in [7, 11) is 0. The molecule has 4 amide bonds. The van der Waals surface area contributed by atoms with Crippen LogP contribution in [-0.4, -0.2) is 66.4 Å². The highest BCUT2D eigenvalue weighted by molar-refractivity contribution is 6.33. The zero-order chi connectivity index (χ0) is 27.9. The Hall–Kier alpha value is -4.04. The topological polar surface area (TPSA) is 85.0 Å². The number of carbonyl (C=O) groups excluding carboxylic acids is 3. The van der Waals surface area contributed by atoms with Crippen molar-refractivity contribution in [1.82, 2.24) is 9.80 Å². The summed E-state index contributed by atoms with van der Waals surface area (Å²) in [5.74, 6) is -0.571. The zero-order valence-corrected chi connectivity index (χ0v) is 23.2. The molecule has 0 aromatic heterocycles. The Kier molecular flexibility index (Phi) is 9.09. The van der Waals surface area contributed by atoms with Crippen molar-refractivity contribution in [2.75, 3.05) is 48.3 Å². The van der Waals surface area contributed by atoms with Gasteiger partial charge in [-0.15, -0.1) is 0 Å². The minimum absolute atomic E-state index is 0.0872. The average molecular weight is 548 g/mol. The first-order valence-corrected chi connectivity index (χ1v) is 13.4. The quantitative estimate of drug-likeness (QED) is 0.409. The van der Waals surface area contributed by atoms with E-state index in [1.165, 1.54) is 4.90 Å². The lowest BCUT2D eigenvalue weighted by atomic mass is 10.1. The van der Waals surface area contributed by atoms with Crippen LogP contribution in [0.5, 0.6) is 0 Å². The fourth-order valence-electron chi connectivity index (χ4n) is 4.40. The largest absolute Gasteiger partial charge is 0.368 e. The van der Waals surface area contributed by atoms with E-state index in [-0.39, 0.29) is 30.4 Å². The number of anilines is 3. The molecular weight excluding hydrogens is 514 g/mol. The molecule has 204 valence electrons. The van der Waals surface area contributed by atoms with Crippen LogP contribution in [0.4, 0.5) is 21.9 Å². The van der Waals surface area contributed by atoms with Crippen LogP contribution in [0.15, 0.2) is 72.8 Å². The molecule has 1 heterocycles. The van der Waals surface area contributed by atoms with E-state index in [4.69, 9.17) is 11.6 Å². The van der Waals surface area contributed by atoms with Gasteiger partial charge < -0.3 is 25.3 Å². The predicted octanol–water partition coefficient (Wildman–Crippen LogP) is 5.49. The third-order valence-electron chi connectivity index (χ3n) is 6.69. The lowest BCUT2D eigenvalue weighted by Gasteiger charge is -2.36. The van der Waals surface area contributed by atoms with Crippen LogP contribution in [-0.2, 0) is 4.79 Å². The Labute approximate surface area is 234 Å². The van der Waals surface area contributed by atoms with Crippen LogP contribution in [0.25, 0.3) is 0 Å². The second-order valence-corrected chi connectivity index (χ2v) is 10.3. The second kappa shape index (κ2) is 12.7. The van der Waals surface area contributed by atoms with E-state index in [1.807, 2.05) is 74.2 Å². The first-order valence-electron chi connectivity index (χ1n) is 13.0. The minimum atomic E-state index is -0.287. The van der Waals surface area contributed by atoms with Crippen molar-refractivity contribution >= 4 is 46.5 Å². The van der Waals surface area contributed by atoms with E-state index >= 15 is 0 Å². The van der Waals surface area contributed by atoms with Crippen molar-refractivity contribution in [2.24, 2.45) is 0 Å². The summed E-state index contributed by atoms with van der Waals surface area (Å²) in [4.78, 5) is 44.0. The van der Waals surface area contributed by atoms with Gasteiger partial charge >= 0.3 is 6.03 Å². The van der Waals surface area contributed by atoms with Gasteiger partial charge in [0.25, 0.3) is 5.91 Å². The summed E-state index contributed by atoms with van der Waals surface area (Å²) in [5.41, 5.74) is 3.97. The molecule has 39 heavy (non-hydrogen) atoms. The number of benzene rings is 3. The Morgan fingerprint density at radius 1 is 0.846 bits per heavy atom. The molecule has 1 aliphatic heterocycles. The van der Waals surface area contributed by atoms with Crippen LogP contribution in [0, 0.1) is 6.92 Å². The lowest BCUT2D eigenvalue weighted by Crippen LogP contribution is -2.50. The van der Waals surface area contributed by atoms with Crippen molar-refractivity contribution in [3.8, 4) is 0 Å². The summed E-state index contributed by atoms with van der Waals surface area (Å²) >= 11 is 6.20. The molecule has 0 spiro atoms. The maximum Gasteiger partial charge on any atom is 0.321 e. The van der Waals surface area contributed by atoms with E-state index < -0.39 is 0 Å². The predicted molar refractivity (Wildman–Crippen MR) is 157 cm³/mol. The number of rotatable bonds is 7. The fraction of sp³-hybridized carbons (Fsp3) is 0.300. The highest BCUT2D eigenvalue weighted by atomic mass is 35.5. The van der Waals surface area contributed by atoms with Crippen molar-refractivity contribution < 1.29 is 14.4 Å². The second-order valence-electron chi connectivity index (χ2n) is 9.87. The highest BCUT2D eigenvalue weighted by Crippen LogP contribution is 2.21. The van der Waals surface area contributed by atoms with Gasteiger partial charge in [0.2, 0.25) is 5.91 Å². The number of carbonyl (C=O) groups is 3. The molecule has 0 saturated carbocycles. The first kappa shape index (κ1) is 28.0. The van der Waals surface area contributed by atoms with Crippen molar-refractivity contribution in [3.05, 3.63) is 88.9 Å². The van der Waals surface area contributed by atoms with Gasteiger partial charge in [0.1, 0.15) is 6.54 Å². The molecule has 3 aromatic carbocycles. The summed E-state index contributed by atoms with van der Waals surface area (Å²) < 4.78 is 0. The number of halogens is 1. The first-order chi connectivity index (χ1) is 18.7. The van der Waals surface area contributed by atoms with Crippen LogP contribution >= 0.6 is 11.6 Å². The molecule has 0 bridgehead atoms. The molecule has 1 aliphatic rings. The molecule has 3 aromatic rings. The molecule has 2 N–H and O–H groups in total. The van der Waals surface area contributed by atoms with E-state index in [0.717, 1.165) is 16.9 Å². The maximum atomic E-state index is 13.0. The maximum absolute atomic E-state index is 13.0. The smallest absolute Gasteiger partial charge is 0.321 e. The van der Waals surface area contributed by atoms with E-state index in [0.29, 0.717) is 42.5 Å². The van der Waals surface area contributed by atoms with Gasteiger partial charge in [0, 0.05) is 49.3 Å². The molecule has 1 fully saturated rings. The number of hydrogen-bond acceptors (Lipinski definition) is 4. The van der Waals surface area contributed by atoms with E-state index in [1.54, 1.807) is 24.3 Å². The van der Waals surface area contributed by atoms with E-state index in [2.05, 4.69) is 15.5 Å². The normalized spacial score (nSPS) is 13.3. The van der Waals surface area contributed by atoms with Gasteiger partial charge in [-0.25, -0.2) is 4.79 Å². The van der Waals surface area contributed by atoms with Gasteiger partial charge in [-0.2, -0.15) is 0 Å². The Bertz CT molecular complexity index is 1300. The molecule has 0 atom stereocenters. The van der Waals surface area contributed by atoms with Crippen molar-refractivity contribution in [3.63, 3.8) is 0 Å². The number of urea groups is 1. The van der Waals surface area contributed by atoms with Crippen LogP contribution in [0.2, 0.25) is 5.02 Å². The standard InChI is InChI=1S/C30H34ClN5O3/c1-21(2)36(29(38)26-6-4-5-7-27(26)31)20-28(37)32-23-12-14-25(15-13-23)34-16-18-35(19-17-34)30(39)33-24-10-8-22(3)9-11-24/h4-15,21H,16-20H2,1-3H3,(H,32,37)(H,33,39). The Balaban J connectivity index is 1.28. The van der Waals surface area contributed by atoms with Gasteiger partial charge in [0.05, 0.1) is 10.6 Å². The monoisotopic (exact) mass is 547 g/mol. The van der Waals surface area contributed by atoms with Gasteiger partial charge in [-0.1, -0.05) is 41.4 Å². The number of aryl methyl sites for hydroxylation is 1. The van der Waals surface area contributed by atoms with Crippen LogP contribution in [0.1, 0.15) is 29.8 Å². The van der Waals surface area contributed by atoms with Gasteiger partial charge in [0.15, 0.2) is 0 Å². The summed E-state index contributed by atoms with van der Waals surface area (Å²) in [6.45, 7) is 8.29. The van der Waals surface area contributed by atoms with Gasteiger partial charge in [-0.05, 0) is 69.3 Å². The number of nitrogens with one attached hydrogen (secondary N) is 2. The number of hydrogen-bond donors (Lipinski definition) is 2. The summed E-state index contributed by atoms with van der Waals surface area (Å²) in [5, 5.41) is 6.20. The number of amides is 4. The molecular formula is C30H34ClN5O3. The van der Waals surface area contributed by atoms with Crippen molar-refractivity contribution in [1.29, 1.82) is 0 Å². The van der Waals surface area contributed by atoms with Crippen LogP contribution in [0.3, 0.4) is 0 Å². The van der Waals surface area contributed by atoms with Crippen LogP contribution < -0.4 is 15.5 Å². The number of piperazine rings is 1. The SMILES string of the molecule is Cc1ccc(NC(=O)N2CCN(c3ccc(NC(=O)CN(C(=O)c4ccccc4Cl)C(C)C)cc3)CC2)cc1. The van der Waals surface area contributed by atoms with Crippen molar-refractivity contribution in [2.45, 2.75) is 26.8 Å². The summed E-state index contributed by atoms with van der Waals surface area (Å²) in [6.07, 6.45) is 0. The minimum Gasteiger partial charge on any atom is -0.368 e. The third kappa shape index (κ3) is 7.29. The summed E-state index contributed by atoms with van der Waals surface area (Å²) in [6, 6.07) is 21.9. The third-order valence-corrected chi connectivity index (χ3v) is 7.02. The van der Waals surface area contributed by atoms with E-state index in [9.17, 15) is 14.4 Å². The zero-order valence-electron chi connectivity index (χ0n) is 22.5. The molecule has 4 rings (SSSR count). The average Bonchev–Trinajstić information content (AvgIpc) is 2.93. The highest BCUT2D eigenvalue weighted by Gasteiger charge is 2.24. The fourth-order valence-corrected chi connectivity index (χ4v) is 4.61. The molecule has 1 saturated heterocycles. The lowest BCUT2D eigenvalue weighted by molar-refractivity contribution is -0.117. The molecule has 8 nitrogen and oxygen atoms in total. The number of nitrogens with zero attached hydrogens (tertiary/aromatic N) is 3. The Morgan fingerprint density at radius 3 is 2.05 bits per heavy atom.